The molecule has 3 aromatic carbocycles. The van der Waals surface area contributed by atoms with Crippen molar-refractivity contribution >= 4 is 27.5 Å². The highest BCUT2D eigenvalue weighted by molar-refractivity contribution is 5.89. The van der Waals surface area contributed by atoms with Gasteiger partial charge in [-0.25, -0.2) is 9.07 Å². The second-order valence-electron chi connectivity index (χ2n) is 8.08. The quantitative estimate of drug-likeness (QED) is 0.203. The van der Waals surface area contributed by atoms with Gasteiger partial charge in [0.2, 0.25) is 5.60 Å². The second-order valence-corrected chi connectivity index (χ2v) is 8.08. The first kappa shape index (κ1) is 22.5. The van der Waals surface area contributed by atoms with Gasteiger partial charge >= 0.3 is 6.18 Å². The molecule has 178 valence electrons. The van der Waals surface area contributed by atoms with Gasteiger partial charge in [-0.1, -0.05) is 12.1 Å². The Balaban J connectivity index is 1.59. The lowest BCUT2D eigenvalue weighted by atomic mass is 9.91. The van der Waals surface area contributed by atoms with Crippen LogP contribution in [0.3, 0.4) is 0 Å². The molecule has 0 aliphatic heterocycles. The van der Waals surface area contributed by atoms with E-state index >= 15 is 0 Å². The molecule has 0 saturated heterocycles. The van der Waals surface area contributed by atoms with E-state index in [1.807, 2.05) is 0 Å². The van der Waals surface area contributed by atoms with Crippen molar-refractivity contribution in [3.05, 3.63) is 101 Å². The molecule has 0 aliphatic carbocycles. The summed E-state index contributed by atoms with van der Waals surface area (Å²) in [4.78, 5) is 10.7. The van der Waals surface area contributed by atoms with Gasteiger partial charge in [-0.2, -0.15) is 18.3 Å². The smallest absolute Gasteiger partial charge is 0.375 e. The average molecular weight is 484 g/mol. The number of fused-ring (bicyclic) bond motifs is 2. The maximum atomic E-state index is 14.3. The van der Waals surface area contributed by atoms with Crippen molar-refractivity contribution in [2.75, 3.05) is 0 Å². The number of aromatic nitrogens is 3. The molecule has 0 aliphatic rings. The number of nitro groups is 1. The summed E-state index contributed by atoms with van der Waals surface area (Å²) in [6.45, 7) is -0.918. The first-order chi connectivity index (χ1) is 16.6. The lowest BCUT2D eigenvalue weighted by Gasteiger charge is -2.31. The van der Waals surface area contributed by atoms with Crippen molar-refractivity contribution in [2.24, 2.45) is 0 Å². The monoisotopic (exact) mass is 484 g/mol. The molecule has 7 nitrogen and oxygen atoms in total. The number of alkyl halides is 3. The van der Waals surface area contributed by atoms with E-state index in [0.29, 0.717) is 16.6 Å². The Labute approximate surface area is 194 Å². The second kappa shape index (κ2) is 7.91. The molecule has 35 heavy (non-hydrogen) atoms. The molecule has 1 atom stereocenters. The number of benzene rings is 3. The van der Waals surface area contributed by atoms with Crippen LogP contribution in [0.2, 0.25) is 0 Å². The van der Waals surface area contributed by atoms with Crippen LogP contribution in [0.4, 0.5) is 23.2 Å². The molecule has 0 spiro atoms. The highest BCUT2D eigenvalue weighted by Crippen LogP contribution is 2.42. The Morgan fingerprint density at radius 3 is 2.43 bits per heavy atom. The van der Waals surface area contributed by atoms with Crippen LogP contribution in [0.25, 0.3) is 27.5 Å². The van der Waals surface area contributed by atoms with Crippen LogP contribution in [0.15, 0.2) is 79.1 Å². The Hall–Kier alpha value is -4.25. The van der Waals surface area contributed by atoms with Gasteiger partial charge in [-0.05, 0) is 54.1 Å². The van der Waals surface area contributed by atoms with Crippen LogP contribution in [-0.4, -0.2) is 30.6 Å². The summed E-state index contributed by atoms with van der Waals surface area (Å²) in [5.41, 5.74) is -2.79. The number of rotatable bonds is 5. The molecule has 1 N–H and O–H groups in total. The number of halogens is 4. The largest absolute Gasteiger partial charge is 0.423 e. The van der Waals surface area contributed by atoms with Crippen LogP contribution >= 0.6 is 0 Å². The molecular formula is C24H16F4N4O3. The van der Waals surface area contributed by atoms with Crippen LogP contribution in [0.5, 0.6) is 0 Å². The van der Waals surface area contributed by atoms with E-state index in [9.17, 15) is 32.8 Å². The van der Waals surface area contributed by atoms with Crippen LogP contribution in [0, 0.1) is 15.9 Å². The van der Waals surface area contributed by atoms with Gasteiger partial charge in [-0.3, -0.25) is 10.1 Å². The summed E-state index contributed by atoms with van der Waals surface area (Å²) in [5.74, 6) is -0.439. The first-order valence-electron chi connectivity index (χ1n) is 10.3. The Morgan fingerprint density at radius 1 is 1.00 bits per heavy atom. The summed E-state index contributed by atoms with van der Waals surface area (Å²) >= 11 is 0. The number of nitrogens with zero attached hydrogens (tertiary/aromatic N) is 4. The normalized spacial score (nSPS) is 13.9. The van der Waals surface area contributed by atoms with Crippen molar-refractivity contribution in [3.63, 3.8) is 0 Å². The van der Waals surface area contributed by atoms with Gasteiger partial charge in [0.1, 0.15) is 5.82 Å². The molecule has 5 aromatic rings. The molecule has 5 rings (SSSR count). The SMILES string of the molecule is O=[N+]([O-])c1cccc2c1ccn2CC(O)(c1ccc2c(cnn2-c2ccc(F)cc2)c1)C(F)(F)F. The predicted octanol–water partition coefficient (Wildman–Crippen LogP) is 5.48. The molecule has 0 bridgehead atoms. The summed E-state index contributed by atoms with van der Waals surface area (Å²) in [5, 5.41) is 27.0. The number of hydrogen-bond donors (Lipinski definition) is 1. The fraction of sp³-hybridized carbons (Fsp3) is 0.125. The molecule has 11 heteroatoms. The fourth-order valence-corrected chi connectivity index (χ4v) is 4.17. The van der Waals surface area contributed by atoms with E-state index in [-0.39, 0.29) is 16.6 Å². The summed E-state index contributed by atoms with van der Waals surface area (Å²) in [7, 11) is 0. The standard InChI is InChI=1S/C24H16F4N4O3/c25-17-5-7-18(8-6-17)31-20-9-4-16(12-15(20)13-29-31)23(33,24(26,27)28)14-30-11-10-19-21(30)2-1-3-22(19)32(34)35/h1-13,33H,14H2. The zero-order valence-electron chi connectivity index (χ0n) is 17.8. The van der Waals surface area contributed by atoms with Gasteiger partial charge in [0, 0.05) is 17.6 Å². The molecule has 1 unspecified atom stereocenters. The minimum atomic E-state index is -5.06. The summed E-state index contributed by atoms with van der Waals surface area (Å²) < 4.78 is 58.7. The van der Waals surface area contributed by atoms with Crippen LogP contribution < -0.4 is 0 Å². The van der Waals surface area contributed by atoms with Gasteiger partial charge in [0.25, 0.3) is 5.69 Å². The first-order valence-corrected chi connectivity index (χ1v) is 10.3. The van der Waals surface area contributed by atoms with Gasteiger partial charge in [0.15, 0.2) is 0 Å². The minimum Gasteiger partial charge on any atom is -0.375 e. The number of aliphatic hydroxyl groups is 1. The molecular weight excluding hydrogens is 468 g/mol. The van der Waals surface area contributed by atoms with Crippen molar-refractivity contribution in [2.45, 2.75) is 18.3 Å². The van der Waals surface area contributed by atoms with E-state index in [1.165, 1.54) is 77.7 Å². The number of nitro benzene ring substituents is 1. The van der Waals surface area contributed by atoms with Crippen molar-refractivity contribution in [3.8, 4) is 5.69 Å². The highest BCUT2D eigenvalue weighted by atomic mass is 19.4. The van der Waals surface area contributed by atoms with Crippen molar-refractivity contribution < 1.29 is 27.6 Å². The Kier molecular flexibility index (Phi) is 5.09. The molecule has 0 radical (unpaired) electrons. The third kappa shape index (κ3) is 3.69. The van der Waals surface area contributed by atoms with Crippen molar-refractivity contribution in [1.82, 2.24) is 14.3 Å². The molecule has 2 aromatic heterocycles. The van der Waals surface area contributed by atoms with E-state index < -0.39 is 34.6 Å². The van der Waals surface area contributed by atoms with Crippen molar-refractivity contribution in [1.29, 1.82) is 0 Å². The Bertz CT molecular complexity index is 1570. The fourth-order valence-electron chi connectivity index (χ4n) is 4.17. The number of non-ortho nitro benzene ring substituents is 1. The topological polar surface area (TPSA) is 86.1 Å². The number of hydrogen-bond acceptors (Lipinski definition) is 4. The lowest BCUT2D eigenvalue weighted by Crippen LogP contribution is -2.45. The van der Waals surface area contributed by atoms with E-state index in [2.05, 4.69) is 5.10 Å². The van der Waals surface area contributed by atoms with Crippen LogP contribution in [-0.2, 0) is 12.1 Å². The van der Waals surface area contributed by atoms with E-state index in [4.69, 9.17) is 0 Å². The van der Waals surface area contributed by atoms with E-state index in [1.54, 1.807) is 0 Å². The molecule has 0 saturated carbocycles. The van der Waals surface area contributed by atoms with Gasteiger partial charge < -0.3 is 9.67 Å². The van der Waals surface area contributed by atoms with Gasteiger partial charge in [0.05, 0.1) is 39.8 Å². The third-order valence-electron chi connectivity index (χ3n) is 5.97. The zero-order valence-corrected chi connectivity index (χ0v) is 17.8. The predicted molar refractivity (Wildman–Crippen MR) is 120 cm³/mol. The maximum absolute atomic E-state index is 14.3. The molecule has 0 amide bonds. The summed E-state index contributed by atoms with van der Waals surface area (Å²) in [6, 6.07) is 14.6. The molecule has 2 heterocycles. The highest BCUT2D eigenvalue weighted by Gasteiger charge is 2.55. The average Bonchev–Trinajstić information content (AvgIpc) is 3.42. The summed E-state index contributed by atoms with van der Waals surface area (Å²) in [6.07, 6.45) is -2.43. The Morgan fingerprint density at radius 2 is 1.74 bits per heavy atom. The maximum Gasteiger partial charge on any atom is 0.423 e. The zero-order chi connectivity index (χ0) is 25.0. The minimum absolute atomic E-state index is 0.165. The van der Waals surface area contributed by atoms with Crippen LogP contribution in [0.1, 0.15) is 5.56 Å². The third-order valence-corrected chi connectivity index (χ3v) is 5.97. The van der Waals surface area contributed by atoms with E-state index in [0.717, 1.165) is 10.6 Å². The molecule has 0 fully saturated rings. The van der Waals surface area contributed by atoms with Gasteiger partial charge in [-0.15, -0.1) is 0 Å². The lowest BCUT2D eigenvalue weighted by molar-refractivity contribution is -0.383.